The molecule has 3 aliphatic rings. The minimum atomic E-state index is -0.202. The molecule has 0 aromatic carbocycles. The molecule has 2 N–H and O–H groups in total. The lowest BCUT2D eigenvalue weighted by molar-refractivity contribution is -0.126. The highest BCUT2D eigenvalue weighted by Crippen LogP contribution is 2.29. The first-order valence-electron chi connectivity index (χ1n) is 11.6. The highest BCUT2D eigenvalue weighted by atomic mass is 16.2. The first-order chi connectivity index (χ1) is 13.4. The number of allylic oxidation sites excluding steroid dienone is 1. The molecule has 0 saturated heterocycles. The van der Waals surface area contributed by atoms with E-state index in [9.17, 15) is 4.79 Å². The second-order valence-electron chi connectivity index (χ2n) is 9.06. The van der Waals surface area contributed by atoms with E-state index in [-0.39, 0.29) is 11.9 Å². The smallest absolute Gasteiger partial charge is 0.253 e. The molecule has 1 amide bonds. The number of amides is 1. The zero-order valence-corrected chi connectivity index (χ0v) is 19.0. The summed E-state index contributed by atoms with van der Waals surface area (Å²) in [5, 5.41) is 0. The Morgan fingerprint density at radius 2 is 1.64 bits per heavy atom. The average Bonchev–Trinajstić information content (AvgIpc) is 2.94. The molecule has 2 saturated carbocycles. The largest absolute Gasteiger partial charge is 0.369 e. The molecule has 3 atom stereocenters. The Morgan fingerprint density at radius 3 is 2.04 bits per heavy atom. The standard InChI is InChI=1S/C12H21N3O.C8H16.C4H8/c1-15-11(16)10(14-12(15)13)8-7-9-5-3-2-4-6-9;1-7-4-3-5-8(2)6-7;1-3-4-2/h9-10H,2-8H2,1H3,(H2,13,14);7-8H,3-6H2,1-2H3;3H,1,4H2,2H3. The van der Waals surface area contributed by atoms with Crippen LogP contribution in [0.4, 0.5) is 0 Å². The predicted octanol–water partition coefficient (Wildman–Crippen LogP) is 5.92. The van der Waals surface area contributed by atoms with Crippen LogP contribution in [0.3, 0.4) is 0 Å². The van der Waals surface area contributed by atoms with Gasteiger partial charge >= 0.3 is 0 Å². The molecule has 0 radical (unpaired) electrons. The lowest BCUT2D eigenvalue weighted by Crippen LogP contribution is -2.35. The molecule has 2 aliphatic carbocycles. The fraction of sp³-hybridized carbons (Fsp3) is 0.833. The fourth-order valence-corrected chi connectivity index (χ4v) is 4.43. The Morgan fingerprint density at radius 1 is 1.07 bits per heavy atom. The van der Waals surface area contributed by atoms with Gasteiger partial charge in [-0.2, -0.15) is 0 Å². The van der Waals surface area contributed by atoms with Crippen molar-refractivity contribution in [1.29, 1.82) is 0 Å². The number of nitrogens with two attached hydrogens (primary N) is 1. The van der Waals surface area contributed by atoms with Gasteiger partial charge in [0.05, 0.1) is 0 Å². The van der Waals surface area contributed by atoms with Crippen LogP contribution in [-0.2, 0) is 4.79 Å². The van der Waals surface area contributed by atoms with Crippen LogP contribution in [0.5, 0.6) is 0 Å². The van der Waals surface area contributed by atoms with E-state index in [1.165, 1.54) is 62.7 Å². The van der Waals surface area contributed by atoms with E-state index in [0.29, 0.717) is 5.96 Å². The minimum Gasteiger partial charge on any atom is -0.369 e. The summed E-state index contributed by atoms with van der Waals surface area (Å²) in [5.74, 6) is 3.27. The third kappa shape index (κ3) is 9.25. The van der Waals surface area contributed by atoms with Gasteiger partial charge in [0.25, 0.3) is 5.91 Å². The van der Waals surface area contributed by atoms with Crippen molar-refractivity contribution in [2.45, 2.75) is 104 Å². The molecule has 2 fully saturated rings. The summed E-state index contributed by atoms with van der Waals surface area (Å²) in [6.07, 6.45) is 17.6. The van der Waals surface area contributed by atoms with Gasteiger partial charge in [-0.1, -0.05) is 78.2 Å². The minimum absolute atomic E-state index is 0.0632. The highest BCUT2D eigenvalue weighted by Gasteiger charge is 2.30. The van der Waals surface area contributed by atoms with Gasteiger partial charge in [0, 0.05) is 7.05 Å². The van der Waals surface area contributed by atoms with Crippen LogP contribution in [0.15, 0.2) is 17.6 Å². The summed E-state index contributed by atoms with van der Waals surface area (Å²) in [4.78, 5) is 17.4. The first kappa shape index (κ1) is 24.7. The number of hydrogen-bond acceptors (Lipinski definition) is 3. The van der Waals surface area contributed by atoms with E-state index in [0.717, 1.165) is 37.0 Å². The topological polar surface area (TPSA) is 58.7 Å². The maximum atomic E-state index is 11.7. The second-order valence-corrected chi connectivity index (χ2v) is 9.06. The molecule has 0 aromatic heterocycles. The SMILES string of the molecule is C=CCC.CC1CCCC(C)C1.CN1C(=O)C(CCC2CCCCC2)N=C1N. The van der Waals surface area contributed by atoms with Crippen LogP contribution in [0.2, 0.25) is 0 Å². The normalized spacial score (nSPS) is 27.9. The number of aliphatic imine (C=N–C) groups is 1. The van der Waals surface area contributed by atoms with Gasteiger partial charge in [-0.3, -0.25) is 9.69 Å². The zero-order chi connectivity index (χ0) is 20.9. The summed E-state index contributed by atoms with van der Waals surface area (Å²) in [6, 6.07) is -0.202. The van der Waals surface area contributed by atoms with Crippen molar-refractivity contribution < 1.29 is 4.79 Å². The van der Waals surface area contributed by atoms with Crippen molar-refractivity contribution in [2.75, 3.05) is 7.05 Å². The zero-order valence-electron chi connectivity index (χ0n) is 19.0. The molecule has 0 aromatic rings. The molecule has 162 valence electrons. The number of likely N-dealkylation sites (N-methyl/N-ethyl adjacent to an activating group) is 1. The van der Waals surface area contributed by atoms with E-state index in [1.54, 1.807) is 7.05 Å². The van der Waals surface area contributed by atoms with Crippen LogP contribution < -0.4 is 5.73 Å². The summed E-state index contributed by atoms with van der Waals surface area (Å²) >= 11 is 0. The van der Waals surface area contributed by atoms with Crippen molar-refractivity contribution >= 4 is 11.9 Å². The monoisotopic (exact) mass is 391 g/mol. The average molecular weight is 392 g/mol. The van der Waals surface area contributed by atoms with E-state index >= 15 is 0 Å². The number of carbonyl (C=O) groups is 1. The number of guanidine groups is 1. The van der Waals surface area contributed by atoms with Gasteiger partial charge in [0.1, 0.15) is 6.04 Å². The molecule has 1 aliphatic heterocycles. The summed E-state index contributed by atoms with van der Waals surface area (Å²) < 4.78 is 0. The van der Waals surface area contributed by atoms with E-state index in [4.69, 9.17) is 5.73 Å². The third-order valence-electron chi connectivity index (χ3n) is 6.31. The van der Waals surface area contributed by atoms with Gasteiger partial charge in [-0.05, 0) is 43.4 Å². The first-order valence-corrected chi connectivity index (χ1v) is 11.6. The quantitative estimate of drug-likeness (QED) is 0.605. The van der Waals surface area contributed by atoms with E-state index < -0.39 is 0 Å². The van der Waals surface area contributed by atoms with Crippen LogP contribution in [0.1, 0.15) is 97.8 Å². The van der Waals surface area contributed by atoms with Gasteiger partial charge in [-0.25, -0.2) is 4.99 Å². The molecule has 0 bridgehead atoms. The summed E-state index contributed by atoms with van der Waals surface area (Å²) in [6.45, 7) is 10.3. The molecular formula is C24H45N3O. The summed E-state index contributed by atoms with van der Waals surface area (Å²) in [7, 11) is 1.70. The number of carbonyl (C=O) groups excluding carboxylic acids is 1. The van der Waals surface area contributed by atoms with Crippen LogP contribution in [-0.4, -0.2) is 29.9 Å². The Balaban J connectivity index is 0.000000272. The molecule has 3 rings (SSSR count). The van der Waals surface area contributed by atoms with E-state index in [1.807, 2.05) is 6.08 Å². The molecule has 0 spiro atoms. The van der Waals surface area contributed by atoms with Crippen molar-refractivity contribution in [2.24, 2.45) is 28.5 Å². The van der Waals surface area contributed by atoms with Crippen molar-refractivity contribution in [3.63, 3.8) is 0 Å². The molecular weight excluding hydrogens is 346 g/mol. The van der Waals surface area contributed by atoms with Gasteiger partial charge in [0.15, 0.2) is 5.96 Å². The van der Waals surface area contributed by atoms with Crippen molar-refractivity contribution in [3.8, 4) is 0 Å². The highest BCUT2D eigenvalue weighted by molar-refractivity contribution is 6.03. The van der Waals surface area contributed by atoms with Crippen molar-refractivity contribution in [1.82, 2.24) is 4.90 Å². The Labute approximate surface area is 174 Å². The fourth-order valence-electron chi connectivity index (χ4n) is 4.43. The van der Waals surface area contributed by atoms with Crippen molar-refractivity contribution in [3.05, 3.63) is 12.7 Å². The van der Waals surface area contributed by atoms with Gasteiger partial charge < -0.3 is 5.73 Å². The second kappa shape index (κ2) is 13.8. The number of hydrogen-bond donors (Lipinski definition) is 1. The van der Waals surface area contributed by atoms with Crippen LogP contribution in [0.25, 0.3) is 0 Å². The number of nitrogens with zero attached hydrogens (tertiary/aromatic N) is 2. The Kier molecular flexibility index (Phi) is 12.2. The van der Waals surface area contributed by atoms with E-state index in [2.05, 4.69) is 32.3 Å². The lowest BCUT2D eigenvalue weighted by Gasteiger charge is -2.22. The molecule has 4 heteroatoms. The van der Waals surface area contributed by atoms with Gasteiger partial charge in [-0.15, -0.1) is 6.58 Å². The summed E-state index contributed by atoms with van der Waals surface area (Å²) in [5.41, 5.74) is 5.62. The maximum Gasteiger partial charge on any atom is 0.253 e. The molecule has 4 nitrogen and oxygen atoms in total. The van der Waals surface area contributed by atoms with Crippen LogP contribution in [0, 0.1) is 17.8 Å². The molecule has 3 unspecified atom stereocenters. The predicted molar refractivity (Wildman–Crippen MR) is 121 cm³/mol. The van der Waals surface area contributed by atoms with Crippen LogP contribution >= 0.6 is 0 Å². The molecule has 28 heavy (non-hydrogen) atoms. The maximum absolute atomic E-state index is 11.7. The number of rotatable bonds is 4. The Bertz CT molecular complexity index is 474. The molecule has 1 heterocycles. The van der Waals surface area contributed by atoms with Gasteiger partial charge in [0.2, 0.25) is 0 Å². The lowest BCUT2D eigenvalue weighted by atomic mass is 9.84. The Hall–Kier alpha value is -1.32. The third-order valence-corrected chi connectivity index (χ3v) is 6.31.